The molecule has 1 unspecified atom stereocenters. The summed E-state index contributed by atoms with van der Waals surface area (Å²) in [4.78, 5) is 11.8. The Kier molecular flexibility index (Phi) is 2.36. The summed E-state index contributed by atoms with van der Waals surface area (Å²) in [6.45, 7) is 0. The zero-order valence-corrected chi connectivity index (χ0v) is 10.8. The Bertz CT molecular complexity index is 827. The largest absolute Gasteiger partial charge is 0.377 e. The van der Waals surface area contributed by atoms with Crippen LogP contribution in [0, 0.1) is 0 Å². The smallest absolute Gasteiger partial charge is 0.272 e. The minimum atomic E-state index is -0.134. The first kappa shape index (κ1) is 11.2. The molecular formula is C16H13N3O. The van der Waals surface area contributed by atoms with E-state index in [0.29, 0.717) is 5.39 Å². The molecule has 0 amide bonds. The van der Waals surface area contributed by atoms with Crippen molar-refractivity contribution in [1.29, 1.82) is 0 Å². The molecule has 0 aliphatic carbocycles. The third-order valence-electron chi connectivity index (χ3n) is 3.82. The number of benzene rings is 2. The SMILES string of the molecule is O=c1[nH]nc2c3c(cccc13)NC(c1ccccc1)C2. The fraction of sp³-hybridized carbons (Fsp3) is 0.125. The van der Waals surface area contributed by atoms with Gasteiger partial charge in [-0.2, -0.15) is 5.10 Å². The van der Waals surface area contributed by atoms with E-state index in [2.05, 4.69) is 27.6 Å². The summed E-state index contributed by atoms with van der Waals surface area (Å²) in [5.74, 6) is 0. The van der Waals surface area contributed by atoms with Crippen LogP contribution < -0.4 is 10.9 Å². The Morgan fingerprint density at radius 2 is 1.90 bits per heavy atom. The topological polar surface area (TPSA) is 57.8 Å². The van der Waals surface area contributed by atoms with Gasteiger partial charge in [-0.3, -0.25) is 4.79 Å². The second-order valence-corrected chi connectivity index (χ2v) is 5.04. The van der Waals surface area contributed by atoms with Gasteiger partial charge in [0.05, 0.1) is 17.1 Å². The lowest BCUT2D eigenvalue weighted by Crippen LogP contribution is -2.22. The molecule has 0 fully saturated rings. The number of aromatic nitrogens is 2. The van der Waals surface area contributed by atoms with Crippen molar-refractivity contribution in [3.63, 3.8) is 0 Å². The van der Waals surface area contributed by atoms with Crippen molar-refractivity contribution in [2.24, 2.45) is 0 Å². The molecular weight excluding hydrogens is 250 g/mol. The zero-order chi connectivity index (χ0) is 13.5. The molecule has 1 aromatic heterocycles. The van der Waals surface area contributed by atoms with Crippen LogP contribution in [0.4, 0.5) is 5.69 Å². The van der Waals surface area contributed by atoms with Crippen LogP contribution in [0.15, 0.2) is 53.3 Å². The van der Waals surface area contributed by atoms with E-state index in [4.69, 9.17) is 0 Å². The molecule has 2 heterocycles. The molecule has 3 aromatic rings. The van der Waals surface area contributed by atoms with Gasteiger partial charge in [-0.25, -0.2) is 5.10 Å². The molecule has 2 aromatic carbocycles. The number of hydrogen-bond donors (Lipinski definition) is 2. The molecule has 2 N–H and O–H groups in total. The number of nitrogens with zero attached hydrogens (tertiary/aromatic N) is 1. The Balaban J connectivity index is 1.89. The number of hydrogen-bond acceptors (Lipinski definition) is 3. The van der Waals surface area contributed by atoms with E-state index in [9.17, 15) is 4.79 Å². The third kappa shape index (κ3) is 1.61. The Hall–Kier alpha value is -2.62. The Labute approximate surface area is 115 Å². The molecule has 1 aliphatic rings. The van der Waals surface area contributed by atoms with Crippen molar-refractivity contribution in [2.75, 3.05) is 5.32 Å². The van der Waals surface area contributed by atoms with Crippen molar-refractivity contribution in [2.45, 2.75) is 12.5 Å². The molecule has 1 aliphatic heterocycles. The van der Waals surface area contributed by atoms with Crippen LogP contribution in [-0.2, 0) is 6.42 Å². The van der Waals surface area contributed by atoms with Gasteiger partial charge < -0.3 is 5.32 Å². The summed E-state index contributed by atoms with van der Waals surface area (Å²) in [7, 11) is 0. The molecule has 0 radical (unpaired) electrons. The fourth-order valence-corrected chi connectivity index (χ4v) is 2.87. The van der Waals surface area contributed by atoms with Gasteiger partial charge in [-0.1, -0.05) is 36.4 Å². The van der Waals surface area contributed by atoms with Crippen molar-refractivity contribution < 1.29 is 0 Å². The van der Waals surface area contributed by atoms with Crippen LogP contribution in [0.2, 0.25) is 0 Å². The van der Waals surface area contributed by atoms with E-state index in [-0.39, 0.29) is 11.6 Å². The molecule has 1 atom stereocenters. The minimum absolute atomic E-state index is 0.134. The Morgan fingerprint density at radius 1 is 1.05 bits per heavy atom. The van der Waals surface area contributed by atoms with Crippen molar-refractivity contribution in [3.8, 4) is 0 Å². The quantitative estimate of drug-likeness (QED) is 0.709. The average Bonchev–Trinajstić information content (AvgIpc) is 2.51. The second kappa shape index (κ2) is 4.20. The maximum absolute atomic E-state index is 11.8. The van der Waals surface area contributed by atoms with Gasteiger partial charge in [0.25, 0.3) is 5.56 Å². The monoisotopic (exact) mass is 263 g/mol. The maximum Gasteiger partial charge on any atom is 0.272 e. The van der Waals surface area contributed by atoms with E-state index in [1.165, 1.54) is 5.56 Å². The molecule has 4 heteroatoms. The first-order chi connectivity index (χ1) is 9.83. The number of anilines is 1. The van der Waals surface area contributed by atoms with E-state index in [1.54, 1.807) is 0 Å². The lowest BCUT2D eigenvalue weighted by atomic mass is 9.94. The summed E-state index contributed by atoms with van der Waals surface area (Å²) in [6.07, 6.45) is 0.772. The molecule has 0 saturated carbocycles. The first-order valence-electron chi connectivity index (χ1n) is 6.65. The lowest BCUT2D eigenvalue weighted by molar-refractivity contribution is 0.732. The van der Waals surface area contributed by atoms with Gasteiger partial charge in [-0.05, 0) is 17.7 Å². The number of nitrogens with one attached hydrogen (secondary N) is 2. The van der Waals surface area contributed by atoms with Crippen LogP contribution in [0.3, 0.4) is 0 Å². The summed E-state index contributed by atoms with van der Waals surface area (Å²) in [6, 6.07) is 16.2. The van der Waals surface area contributed by atoms with Crippen LogP contribution in [0.25, 0.3) is 10.8 Å². The minimum Gasteiger partial charge on any atom is -0.377 e. The second-order valence-electron chi connectivity index (χ2n) is 5.04. The van der Waals surface area contributed by atoms with Crippen LogP contribution in [0.5, 0.6) is 0 Å². The maximum atomic E-state index is 11.8. The average molecular weight is 263 g/mol. The summed E-state index contributed by atoms with van der Waals surface area (Å²) >= 11 is 0. The van der Waals surface area contributed by atoms with Gasteiger partial charge in [0, 0.05) is 17.5 Å². The number of H-pyrrole nitrogens is 1. The van der Waals surface area contributed by atoms with Crippen LogP contribution in [0.1, 0.15) is 17.3 Å². The van der Waals surface area contributed by atoms with Gasteiger partial charge >= 0.3 is 0 Å². The van der Waals surface area contributed by atoms with Crippen LogP contribution >= 0.6 is 0 Å². The van der Waals surface area contributed by atoms with Crippen molar-refractivity contribution in [3.05, 3.63) is 70.1 Å². The highest BCUT2D eigenvalue weighted by molar-refractivity contribution is 5.96. The van der Waals surface area contributed by atoms with Gasteiger partial charge in [-0.15, -0.1) is 0 Å². The molecule has 0 spiro atoms. The lowest BCUT2D eigenvalue weighted by Gasteiger charge is -2.26. The summed E-state index contributed by atoms with van der Waals surface area (Å²) in [5, 5.41) is 12.0. The van der Waals surface area contributed by atoms with E-state index >= 15 is 0 Å². The predicted molar refractivity (Wildman–Crippen MR) is 78.9 cm³/mol. The van der Waals surface area contributed by atoms with E-state index < -0.39 is 0 Å². The summed E-state index contributed by atoms with van der Waals surface area (Å²) in [5.41, 5.74) is 3.02. The first-order valence-corrected chi connectivity index (χ1v) is 6.65. The predicted octanol–water partition coefficient (Wildman–Crippen LogP) is 2.63. The van der Waals surface area contributed by atoms with Crippen molar-refractivity contribution >= 4 is 16.5 Å². The molecule has 0 bridgehead atoms. The number of rotatable bonds is 1. The Morgan fingerprint density at radius 3 is 2.75 bits per heavy atom. The standard InChI is InChI=1S/C16H13N3O/c20-16-11-7-4-8-12-15(11)14(18-19-16)9-13(17-12)10-5-2-1-3-6-10/h1-8,13,17H,9H2,(H,19,20). The summed E-state index contributed by atoms with van der Waals surface area (Å²) < 4.78 is 0. The van der Waals surface area contributed by atoms with E-state index in [1.807, 2.05) is 36.4 Å². The van der Waals surface area contributed by atoms with Gasteiger partial charge in [0.1, 0.15) is 0 Å². The highest BCUT2D eigenvalue weighted by atomic mass is 16.1. The number of aromatic amines is 1. The van der Waals surface area contributed by atoms with Gasteiger partial charge in [0.15, 0.2) is 0 Å². The van der Waals surface area contributed by atoms with Crippen LogP contribution in [-0.4, -0.2) is 10.2 Å². The molecule has 98 valence electrons. The molecule has 4 rings (SSSR count). The highest BCUT2D eigenvalue weighted by Gasteiger charge is 2.23. The van der Waals surface area contributed by atoms with E-state index in [0.717, 1.165) is 23.2 Å². The highest BCUT2D eigenvalue weighted by Crippen LogP contribution is 2.34. The van der Waals surface area contributed by atoms with Crippen molar-refractivity contribution in [1.82, 2.24) is 10.2 Å². The van der Waals surface area contributed by atoms with Gasteiger partial charge in [0.2, 0.25) is 0 Å². The fourth-order valence-electron chi connectivity index (χ4n) is 2.87. The molecule has 20 heavy (non-hydrogen) atoms. The molecule has 4 nitrogen and oxygen atoms in total. The molecule has 0 saturated heterocycles. The zero-order valence-electron chi connectivity index (χ0n) is 10.8. The third-order valence-corrected chi connectivity index (χ3v) is 3.82. The normalized spacial score (nSPS) is 16.9.